The van der Waals surface area contributed by atoms with Crippen LogP contribution in [0.15, 0.2) is 12.7 Å². The Morgan fingerprint density at radius 1 is 1.25 bits per heavy atom. The van der Waals surface area contributed by atoms with Crippen LogP contribution in [0.4, 0.5) is 4.79 Å². The molecule has 0 bridgehead atoms. The average molecular weight is 356 g/mol. The summed E-state index contributed by atoms with van der Waals surface area (Å²) in [5.41, 5.74) is -0.455. The molecule has 0 spiro atoms. The lowest BCUT2D eigenvalue weighted by molar-refractivity contribution is 0.0102. The normalized spacial score (nSPS) is 23.1. The van der Waals surface area contributed by atoms with E-state index in [9.17, 15) is 4.79 Å². The topological polar surface area (TPSA) is 38.8 Å². The number of ether oxygens (including phenoxy) is 1. The molecule has 0 unspecified atom stereocenters. The summed E-state index contributed by atoms with van der Waals surface area (Å²) in [5.74, 6) is 0.686. The van der Waals surface area contributed by atoms with Gasteiger partial charge in [0.25, 0.3) is 0 Å². The highest BCUT2D eigenvalue weighted by Crippen LogP contribution is 2.37. The highest BCUT2D eigenvalue weighted by Gasteiger charge is 2.39. The van der Waals surface area contributed by atoms with E-state index >= 15 is 0 Å². The van der Waals surface area contributed by atoms with Crippen LogP contribution in [0.1, 0.15) is 48.0 Å². The van der Waals surface area contributed by atoms with Gasteiger partial charge in [0.1, 0.15) is 5.60 Å². The molecule has 5 heteroatoms. The van der Waals surface area contributed by atoms with Crippen molar-refractivity contribution in [3.8, 4) is 0 Å². The lowest BCUT2D eigenvalue weighted by Gasteiger charge is -2.41. The number of amides is 1. The van der Waals surface area contributed by atoms with Crippen LogP contribution in [0.25, 0.3) is 0 Å². The van der Waals surface area contributed by atoms with Crippen LogP contribution in [0.3, 0.4) is 0 Å². The fraction of sp³-hybridized carbons (Fsp3) is 0.842. The monoisotopic (exact) mass is 355 g/mol. The standard InChI is InChI=1S/C19H37NO3Si/c1-10-15-13-20(17(21)23-18(2,3)4)12-11-16(15)14-22-24(8,9)19(5,6)7/h10,15-16H,1,11-14H2,2-9H3/t15-,16+/m0/s1. The van der Waals surface area contributed by atoms with Gasteiger partial charge in [-0.1, -0.05) is 26.8 Å². The second-order valence-electron chi connectivity index (χ2n) is 9.45. The zero-order chi connectivity index (χ0) is 18.8. The maximum atomic E-state index is 12.3. The van der Waals surface area contributed by atoms with Crippen molar-refractivity contribution in [2.45, 2.75) is 71.7 Å². The van der Waals surface area contributed by atoms with Crippen molar-refractivity contribution in [1.82, 2.24) is 4.90 Å². The summed E-state index contributed by atoms with van der Waals surface area (Å²) in [6.45, 7) is 23.2. The zero-order valence-corrected chi connectivity index (χ0v) is 17.9. The number of carbonyl (C=O) groups excluding carboxylic acids is 1. The Labute approximate surface area is 149 Å². The first kappa shape index (κ1) is 21.2. The smallest absolute Gasteiger partial charge is 0.410 e. The summed E-state index contributed by atoms with van der Waals surface area (Å²) in [7, 11) is -1.74. The number of hydrogen-bond donors (Lipinski definition) is 0. The number of carbonyl (C=O) groups is 1. The molecule has 0 N–H and O–H groups in total. The van der Waals surface area contributed by atoms with Crippen molar-refractivity contribution in [1.29, 1.82) is 0 Å². The van der Waals surface area contributed by atoms with E-state index < -0.39 is 13.9 Å². The number of nitrogens with zero attached hydrogens (tertiary/aromatic N) is 1. The number of rotatable bonds is 4. The summed E-state index contributed by atoms with van der Waals surface area (Å²) in [6, 6.07) is 0. The Hall–Kier alpha value is -0.813. The number of likely N-dealkylation sites (tertiary alicyclic amines) is 1. The molecule has 4 nitrogen and oxygen atoms in total. The van der Waals surface area contributed by atoms with Gasteiger partial charge in [-0.05, 0) is 57.2 Å². The minimum atomic E-state index is -1.74. The van der Waals surface area contributed by atoms with E-state index in [0.717, 1.165) is 19.6 Å². The van der Waals surface area contributed by atoms with E-state index in [-0.39, 0.29) is 17.0 Å². The van der Waals surface area contributed by atoms with E-state index in [4.69, 9.17) is 9.16 Å². The van der Waals surface area contributed by atoms with Gasteiger partial charge in [0, 0.05) is 19.7 Å². The quantitative estimate of drug-likeness (QED) is 0.522. The molecule has 0 aliphatic carbocycles. The third-order valence-corrected chi connectivity index (χ3v) is 9.73. The zero-order valence-electron chi connectivity index (χ0n) is 16.9. The van der Waals surface area contributed by atoms with Crippen molar-refractivity contribution in [2.75, 3.05) is 19.7 Å². The van der Waals surface area contributed by atoms with E-state index in [1.54, 1.807) is 4.90 Å². The Morgan fingerprint density at radius 2 is 1.83 bits per heavy atom. The predicted octanol–water partition coefficient (Wildman–Crippen LogP) is 5.07. The first-order valence-electron chi connectivity index (χ1n) is 9.01. The summed E-state index contributed by atoms with van der Waals surface area (Å²) >= 11 is 0. The molecule has 1 rings (SSSR count). The van der Waals surface area contributed by atoms with Crippen molar-refractivity contribution < 1.29 is 14.0 Å². The van der Waals surface area contributed by atoms with Crippen molar-refractivity contribution in [2.24, 2.45) is 11.8 Å². The molecule has 0 aromatic carbocycles. The molecule has 0 radical (unpaired) electrons. The third-order valence-electron chi connectivity index (χ3n) is 5.23. The van der Waals surface area contributed by atoms with Gasteiger partial charge in [-0.3, -0.25) is 0 Å². The minimum absolute atomic E-state index is 0.216. The molecule has 1 saturated heterocycles. The SMILES string of the molecule is C=C[C@H]1CN(C(=O)OC(C)(C)C)CC[C@@H]1CO[Si](C)(C)C(C)(C)C. The Kier molecular flexibility index (Phi) is 6.73. The molecule has 1 amide bonds. The van der Waals surface area contributed by atoms with Crippen LogP contribution in [0, 0.1) is 11.8 Å². The highest BCUT2D eigenvalue weighted by atomic mass is 28.4. The van der Waals surface area contributed by atoms with Gasteiger partial charge in [0.05, 0.1) is 0 Å². The largest absolute Gasteiger partial charge is 0.444 e. The molecule has 0 aromatic heterocycles. The van der Waals surface area contributed by atoms with Crippen molar-refractivity contribution >= 4 is 14.4 Å². The van der Waals surface area contributed by atoms with Crippen LogP contribution in [0.5, 0.6) is 0 Å². The maximum absolute atomic E-state index is 12.3. The van der Waals surface area contributed by atoms with Crippen molar-refractivity contribution in [3.63, 3.8) is 0 Å². The van der Waals surface area contributed by atoms with Gasteiger partial charge in [0.2, 0.25) is 0 Å². The molecular weight excluding hydrogens is 318 g/mol. The fourth-order valence-electron chi connectivity index (χ4n) is 2.53. The van der Waals surface area contributed by atoms with Gasteiger partial charge in [-0.2, -0.15) is 0 Å². The maximum Gasteiger partial charge on any atom is 0.410 e. The van der Waals surface area contributed by atoms with E-state index in [1.807, 2.05) is 26.8 Å². The van der Waals surface area contributed by atoms with Crippen LogP contribution < -0.4 is 0 Å². The summed E-state index contributed by atoms with van der Waals surface area (Å²) < 4.78 is 11.9. The van der Waals surface area contributed by atoms with Gasteiger partial charge >= 0.3 is 6.09 Å². The lowest BCUT2D eigenvalue weighted by atomic mass is 9.86. The fourth-order valence-corrected chi connectivity index (χ4v) is 3.59. The van der Waals surface area contributed by atoms with Gasteiger partial charge in [-0.15, -0.1) is 6.58 Å². The highest BCUT2D eigenvalue weighted by molar-refractivity contribution is 6.74. The van der Waals surface area contributed by atoms with Gasteiger partial charge < -0.3 is 14.1 Å². The molecular formula is C19H37NO3Si. The third kappa shape index (κ3) is 5.92. The molecule has 1 fully saturated rings. The van der Waals surface area contributed by atoms with Crippen LogP contribution in [0.2, 0.25) is 18.1 Å². The Balaban J connectivity index is 2.63. The van der Waals surface area contributed by atoms with E-state index in [1.165, 1.54) is 0 Å². The van der Waals surface area contributed by atoms with Gasteiger partial charge in [0.15, 0.2) is 8.32 Å². The molecule has 0 saturated carbocycles. The molecule has 1 aliphatic heterocycles. The first-order chi connectivity index (χ1) is 10.8. The Bertz CT molecular complexity index is 449. The summed E-state index contributed by atoms with van der Waals surface area (Å²) in [5, 5.41) is 0.216. The summed E-state index contributed by atoms with van der Waals surface area (Å²) in [4.78, 5) is 14.1. The lowest BCUT2D eigenvalue weighted by Crippen LogP contribution is -2.48. The summed E-state index contributed by atoms with van der Waals surface area (Å²) in [6.07, 6.45) is 2.68. The average Bonchev–Trinajstić information content (AvgIpc) is 2.41. The first-order valence-corrected chi connectivity index (χ1v) is 11.9. The van der Waals surface area contributed by atoms with Crippen molar-refractivity contribution in [3.05, 3.63) is 12.7 Å². The molecule has 0 aromatic rings. The Morgan fingerprint density at radius 3 is 2.29 bits per heavy atom. The molecule has 1 aliphatic rings. The van der Waals surface area contributed by atoms with Gasteiger partial charge in [-0.25, -0.2) is 4.79 Å². The second-order valence-corrected chi connectivity index (χ2v) is 14.3. The number of piperidine rings is 1. The molecule has 24 heavy (non-hydrogen) atoms. The minimum Gasteiger partial charge on any atom is -0.444 e. The van der Waals surface area contributed by atoms with E-state index in [2.05, 4.69) is 40.4 Å². The van der Waals surface area contributed by atoms with E-state index in [0.29, 0.717) is 12.5 Å². The molecule has 2 atom stereocenters. The van der Waals surface area contributed by atoms with Crippen LogP contribution >= 0.6 is 0 Å². The molecule has 1 heterocycles. The van der Waals surface area contributed by atoms with Crippen LogP contribution in [-0.2, 0) is 9.16 Å². The molecule has 140 valence electrons. The number of hydrogen-bond acceptors (Lipinski definition) is 3. The predicted molar refractivity (Wildman–Crippen MR) is 103 cm³/mol. The van der Waals surface area contributed by atoms with Crippen LogP contribution in [-0.4, -0.2) is 44.6 Å². The second kappa shape index (κ2) is 7.61.